The second-order valence-corrected chi connectivity index (χ2v) is 4.54. The van der Waals surface area contributed by atoms with Crippen molar-refractivity contribution in [3.8, 4) is 0 Å². The molecule has 0 unspecified atom stereocenters. The van der Waals surface area contributed by atoms with Crippen LogP contribution in [0.3, 0.4) is 0 Å². The molecule has 0 aliphatic carbocycles. The molecule has 0 aliphatic heterocycles. The van der Waals surface area contributed by atoms with Crippen molar-refractivity contribution >= 4 is 17.3 Å². The third-order valence-corrected chi connectivity index (χ3v) is 2.97. The average molecular weight is 289 g/mol. The predicted molar refractivity (Wildman–Crippen MR) is 78.9 cm³/mol. The Kier molecular flexibility index (Phi) is 4.84. The van der Waals surface area contributed by atoms with Gasteiger partial charge in [-0.2, -0.15) is 0 Å². The summed E-state index contributed by atoms with van der Waals surface area (Å²) in [6.07, 6.45) is 2.35. The normalized spacial score (nSPS) is 10.2. The number of hydrogen-bond donors (Lipinski definition) is 2. The van der Waals surface area contributed by atoms with Crippen molar-refractivity contribution in [3.05, 3.63) is 54.1 Å². The maximum atomic E-state index is 13.0. The van der Waals surface area contributed by atoms with E-state index in [2.05, 4.69) is 10.3 Å². The van der Waals surface area contributed by atoms with E-state index in [1.165, 1.54) is 6.20 Å². The molecule has 0 atom stereocenters. The molecule has 1 aromatic carbocycles. The number of carbonyl (C=O) groups is 1. The summed E-state index contributed by atoms with van der Waals surface area (Å²) in [5, 5.41) is 11.6. The minimum Gasteiger partial charge on any atom is -0.395 e. The predicted octanol–water partition coefficient (Wildman–Crippen LogP) is 1.90. The van der Waals surface area contributed by atoms with Crippen molar-refractivity contribution in [2.24, 2.45) is 0 Å². The zero-order valence-electron chi connectivity index (χ0n) is 11.6. The fourth-order valence-electron chi connectivity index (χ4n) is 1.82. The van der Waals surface area contributed by atoms with Gasteiger partial charge in [0.2, 0.25) is 0 Å². The number of pyridine rings is 1. The molecule has 0 saturated carbocycles. The lowest BCUT2D eigenvalue weighted by Gasteiger charge is -2.18. The van der Waals surface area contributed by atoms with E-state index < -0.39 is 11.7 Å². The molecule has 1 aromatic heterocycles. The van der Waals surface area contributed by atoms with Gasteiger partial charge in [-0.25, -0.2) is 4.39 Å². The number of aromatic nitrogens is 1. The van der Waals surface area contributed by atoms with Gasteiger partial charge >= 0.3 is 0 Å². The Morgan fingerprint density at radius 2 is 2.05 bits per heavy atom. The topological polar surface area (TPSA) is 65.5 Å². The largest absolute Gasteiger partial charge is 0.395 e. The summed E-state index contributed by atoms with van der Waals surface area (Å²) >= 11 is 0. The molecule has 5 nitrogen and oxygen atoms in total. The highest BCUT2D eigenvalue weighted by Crippen LogP contribution is 2.17. The van der Waals surface area contributed by atoms with Gasteiger partial charge in [0.1, 0.15) is 5.82 Å². The molecule has 1 amide bonds. The number of halogens is 1. The first-order chi connectivity index (χ1) is 10.1. The smallest absolute Gasteiger partial charge is 0.257 e. The third kappa shape index (κ3) is 4.00. The van der Waals surface area contributed by atoms with Gasteiger partial charge in [-0.3, -0.25) is 9.78 Å². The fourth-order valence-corrected chi connectivity index (χ4v) is 1.82. The molecule has 6 heteroatoms. The van der Waals surface area contributed by atoms with E-state index in [-0.39, 0.29) is 12.2 Å². The Bertz CT molecular complexity index is 617. The number of likely N-dealkylation sites (N-methyl/N-ethyl adjacent to an activating group) is 1. The van der Waals surface area contributed by atoms with Crippen molar-refractivity contribution in [2.75, 3.05) is 30.4 Å². The van der Waals surface area contributed by atoms with Crippen LogP contribution in [0.1, 0.15) is 10.4 Å². The lowest BCUT2D eigenvalue weighted by Crippen LogP contribution is -2.21. The number of amides is 1. The first kappa shape index (κ1) is 14.9. The van der Waals surface area contributed by atoms with Crippen molar-refractivity contribution in [3.63, 3.8) is 0 Å². The van der Waals surface area contributed by atoms with E-state index in [1.54, 1.807) is 12.1 Å². The Morgan fingerprint density at radius 3 is 2.67 bits per heavy atom. The number of benzene rings is 1. The number of anilines is 2. The van der Waals surface area contributed by atoms with Gasteiger partial charge in [0, 0.05) is 31.2 Å². The quantitative estimate of drug-likeness (QED) is 0.882. The summed E-state index contributed by atoms with van der Waals surface area (Å²) in [5.74, 6) is -0.970. The van der Waals surface area contributed by atoms with E-state index in [1.807, 2.05) is 24.1 Å². The highest BCUT2D eigenvalue weighted by molar-refractivity contribution is 6.04. The van der Waals surface area contributed by atoms with Crippen LogP contribution >= 0.6 is 0 Å². The van der Waals surface area contributed by atoms with Crippen LogP contribution in [0.2, 0.25) is 0 Å². The second kappa shape index (κ2) is 6.81. The Hall–Kier alpha value is -2.47. The molecule has 1 heterocycles. The SMILES string of the molecule is CN(CCO)c1ccc(NC(=O)c2cncc(F)c2)cc1. The number of rotatable bonds is 5. The van der Waals surface area contributed by atoms with Gasteiger partial charge in [0.15, 0.2) is 0 Å². The van der Waals surface area contributed by atoms with Gasteiger partial charge in [-0.15, -0.1) is 0 Å². The molecule has 110 valence electrons. The second-order valence-electron chi connectivity index (χ2n) is 4.54. The van der Waals surface area contributed by atoms with Gasteiger partial charge in [-0.1, -0.05) is 0 Å². The molecule has 0 fully saturated rings. The standard InChI is InChI=1S/C15H16FN3O2/c1-19(6-7-20)14-4-2-13(3-5-14)18-15(21)11-8-12(16)10-17-9-11/h2-5,8-10,20H,6-7H2,1H3,(H,18,21). The zero-order chi connectivity index (χ0) is 15.2. The summed E-state index contributed by atoms with van der Waals surface area (Å²) in [5.41, 5.74) is 1.69. The summed E-state index contributed by atoms with van der Waals surface area (Å²) in [7, 11) is 1.86. The van der Waals surface area contributed by atoms with Crippen molar-refractivity contribution in [1.82, 2.24) is 4.98 Å². The van der Waals surface area contributed by atoms with Crippen LogP contribution in [0.25, 0.3) is 0 Å². The summed E-state index contributed by atoms with van der Waals surface area (Å²) in [4.78, 5) is 17.5. The van der Waals surface area contributed by atoms with Crippen LogP contribution in [0, 0.1) is 5.82 Å². The van der Waals surface area contributed by atoms with E-state index in [4.69, 9.17) is 5.11 Å². The number of hydrogen-bond acceptors (Lipinski definition) is 4. The molecule has 2 aromatic rings. The van der Waals surface area contributed by atoms with Gasteiger partial charge < -0.3 is 15.3 Å². The van der Waals surface area contributed by atoms with Crippen LogP contribution in [-0.2, 0) is 0 Å². The maximum Gasteiger partial charge on any atom is 0.257 e. The van der Waals surface area contributed by atoms with Crippen molar-refractivity contribution < 1.29 is 14.3 Å². The average Bonchev–Trinajstić information content (AvgIpc) is 2.48. The molecule has 2 rings (SSSR count). The van der Waals surface area contributed by atoms with E-state index in [0.717, 1.165) is 18.0 Å². The Balaban J connectivity index is 2.05. The van der Waals surface area contributed by atoms with Gasteiger partial charge in [-0.05, 0) is 30.3 Å². The minimum absolute atomic E-state index is 0.0710. The minimum atomic E-state index is -0.552. The maximum absolute atomic E-state index is 13.0. The molecular formula is C15H16FN3O2. The molecular weight excluding hydrogens is 273 g/mol. The van der Waals surface area contributed by atoms with Crippen LogP contribution in [0.5, 0.6) is 0 Å². The van der Waals surface area contributed by atoms with Gasteiger partial charge in [0.05, 0.1) is 18.4 Å². The fraction of sp³-hybridized carbons (Fsp3) is 0.200. The van der Waals surface area contributed by atoms with Crippen LogP contribution < -0.4 is 10.2 Å². The monoisotopic (exact) mass is 289 g/mol. The molecule has 0 radical (unpaired) electrons. The van der Waals surface area contributed by atoms with Crippen molar-refractivity contribution in [1.29, 1.82) is 0 Å². The summed E-state index contributed by atoms with van der Waals surface area (Å²) in [6, 6.07) is 8.28. The van der Waals surface area contributed by atoms with E-state index >= 15 is 0 Å². The lowest BCUT2D eigenvalue weighted by molar-refractivity contribution is 0.102. The summed E-state index contributed by atoms with van der Waals surface area (Å²) < 4.78 is 13.0. The summed E-state index contributed by atoms with van der Waals surface area (Å²) in [6.45, 7) is 0.599. The van der Waals surface area contributed by atoms with E-state index in [0.29, 0.717) is 12.2 Å². The number of aliphatic hydroxyl groups is 1. The molecule has 2 N–H and O–H groups in total. The van der Waals surface area contributed by atoms with Crippen molar-refractivity contribution in [2.45, 2.75) is 0 Å². The Labute approximate surface area is 122 Å². The number of aliphatic hydroxyl groups excluding tert-OH is 1. The number of nitrogens with zero attached hydrogens (tertiary/aromatic N) is 2. The van der Waals surface area contributed by atoms with Gasteiger partial charge in [0.25, 0.3) is 5.91 Å². The first-order valence-corrected chi connectivity index (χ1v) is 6.44. The number of carbonyl (C=O) groups excluding carboxylic acids is 1. The van der Waals surface area contributed by atoms with Crippen LogP contribution in [-0.4, -0.2) is 36.2 Å². The zero-order valence-corrected chi connectivity index (χ0v) is 11.6. The lowest BCUT2D eigenvalue weighted by atomic mass is 10.2. The Morgan fingerprint density at radius 1 is 1.33 bits per heavy atom. The molecule has 0 aliphatic rings. The molecule has 0 saturated heterocycles. The number of nitrogens with one attached hydrogen (secondary N) is 1. The van der Waals surface area contributed by atoms with E-state index in [9.17, 15) is 9.18 Å². The molecule has 0 bridgehead atoms. The molecule has 0 spiro atoms. The molecule has 21 heavy (non-hydrogen) atoms. The third-order valence-electron chi connectivity index (χ3n) is 2.97. The highest BCUT2D eigenvalue weighted by Gasteiger charge is 2.08. The van der Waals surface area contributed by atoms with Crippen LogP contribution in [0.4, 0.5) is 15.8 Å². The van der Waals surface area contributed by atoms with Crippen LogP contribution in [0.15, 0.2) is 42.7 Å². The first-order valence-electron chi connectivity index (χ1n) is 6.44. The highest BCUT2D eigenvalue weighted by atomic mass is 19.1.